The highest BCUT2D eigenvalue weighted by Gasteiger charge is 2.25. The van der Waals surface area contributed by atoms with Gasteiger partial charge in [0.1, 0.15) is 0 Å². The van der Waals surface area contributed by atoms with Gasteiger partial charge in [-0.05, 0) is 19.3 Å². The van der Waals surface area contributed by atoms with Crippen LogP contribution in [0, 0.1) is 0 Å². The van der Waals surface area contributed by atoms with Gasteiger partial charge in [0.2, 0.25) is 11.8 Å². The highest BCUT2D eigenvalue weighted by molar-refractivity contribution is 5.85. The number of nitrogens with zero attached hydrogens (tertiary/aromatic N) is 3. The average Bonchev–Trinajstić information content (AvgIpc) is 2.73. The number of likely N-dealkylation sites (tertiary alicyclic amines) is 1. The zero-order valence-electron chi connectivity index (χ0n) is 13.7. The number of rotatable bonds is 5. The third-order valence-corrected chi connectivity index (χ3v) is 4.66. The molecule has 2 fully saturated rings. The van der Waals surface area contributed by atoms with Crippen molar-refractivity contribution in [2.24, 2.45) is 0 Å². The molecule has 126 valence electrons. The quantitative estimate of drug-likeness (QED) is 0.793. The fraction of sp³-hybridized carbons (Fsp3) is 0.875. The maximum Gasteiger partial charge on any atom is 0.242 e. The molecular weight excluding hydrogens is 282 g/mol. The number of aliphatic hydroxyl groups excluding tert-OH is 1. The predicted octanol–water partition coefficient (Wildman–Crippen LogP) is 0.304. The molecule has 2 aliphatic rings. The van der Waals surface area contributed by atoms with Crippen LogP contribution in [0.3, 0.4) is 0 Å². The number of β-amino-alcohol motifs (C(OH)–C–C–N with tert-alkyl or cyclic N) is 1. The summed E-state index contributed by atoms with van der Waals surface area (Å²) in [6.45, 7) is 6.59. The first-order valence-corrected chi connectivity index (χ1v) is 8.56. The molecule has 0 radical (unpaired) electrons. The maximum atomic E-state index is 12.4. The summed E-state index contributed by atoms with van der Waals surface area (Å²) in [5, 5.41) is 9.69. The molecule has 2 heterocycles. The zero-order chi connectivity index (χ0) is 15.9. The Morgan fingerprint density at radius 1 is 1.14 bits per heavy atom. The fourth-order valence-electron chi connectivity index (χ4n) is 3.08. The number of aliphatic hydroxyl groups is 1. The number of carbonyl (C=O) groups is 2. The van der Waals surface area contributed by atoms with E-state index in [1.807, 2.05) is 11.8 Å². The Hall–Kier alpha value is -1.14. The lowest BCUT2D eigenvalue weighted by atomic mass is 10.2. The van der Waals surface area contributed by atoms with Crippen LogP contribution in [0.25, 0.3) is 0 Å². The Labute approximate surface area is 133 Å². The third-order valence-electron chi connectivity index (χ3n) is 4.66. The Kier molecular flexibility index (Phi) is 6.64. The van der Waals surface area contributed by atoms with Gasteiger partial charge >= 0.3 is 0 Å². The van der Waals surface area contributed by atoms with Gasteiger partial charge in [0.25, 0.3) is 0 Å². The molecule has 0 saturated carbocycles. The molecule has 0 spiro atoms. The van der Waals surface area contributed by atoms with E-state index < -0.39 is 0 Å². The van der Waals surface area contributed by atoms with Crippen LogP contribution in [-0.2, 0) is 9.59 Å². The highest BCUT2D eigenvalue weighted by Crippen LogP contribution is 2.12. The average molecular weight is 311 g/mol. The SMILES string of the molecule is CC[C@H](O)CN1CCN(C(=O)CN2CCCCCC2=O)CC1. The molecule has 2 saturated heterocycles. The molecule has 0 bridgehead atoms. The molecule has 1 N–H and O–H groups in total. The number of amides is 2. The Morgan fingerprint density at radius 2 is 1.86 bits per heavy atom. The van der Waals surface area contributed by atoms with Crippen molar-refractivity contribution in [3.05, 3.63) is 0 Å². The second-order valence-electron chi connectivity index (χ2n) is 6.37. The molecule has 0 aromatic rings. The van der Waals surface area contributed by atoms with Gasteiger partial charge < -0.3 is 14.9 Å². The molecule has 22 heavy (non-hydrogen) atoms. The minimum absolute atomic E-state index is 0.0611. The number of piperazine rings is 1. The van der Waals surface area contributed by atoms with E-state index in [2.05, 4.69) is 4.90 Å². The van der Waals surface area contributed by atoms with E-state index >= 15 is 0 Å². The summed E-state index contributed by atoms with van der Waals surface area (Å²) in [5.41, 5.74) is 0. The van der Waals surface area contributed by atoms with E-state index in [0.29, 0.717) is 32.6 Å². The normalized spacial score (nSPS) is 22.5. The Balaban J connectivity index is 1.76. The van der Waals surface area contributed by atoms with Crippen molar-refractivity contribution in [2.75, 3.05) is 45.8 Å². The van der Waals surface area contributed by atoms with Crippen molar-refractivity contribution in [1.82, 2.24) is 14.7 Å². The number of hydrogen-bond donors (Lipinski definition) is 1. The number of carbonyl (C=O) groups excluding carboxylic acids is 2. The van der Waals surface area contributed by atoms with Crippen molar-refractivity contribution in [2.45, 2.75) is 45.1 Å². The molecular formula is C16H29N3O3. The van der Waals surface area contributed by atoms with Crippen LogP contribution < -0.4 is 0 Å². The Morgan fingerprint density at radius 3 is 2.55 bits per heavy atom. The van der Waals surface area contributed by atoms with Gasteiger partial charge in [-0.25, -0.2) is 0 Å². The molecule has 0 unspecified atom stereocenters. The van der Waals surface area contributed by atoms with E-state index in [4.69, 9.17) is 0 Å². The summed E-state index contributed by atoms with van der Waals surface area (Å²) in [7, 11) is 0. The summed E-state index contributed by atoms with van der Waals surface area (Å²) in [4.78, 5) is 30.1. The molecule has 2 rings (SSSR count). The van der Waals surface area contributed by atoms with Crippen molar-refractivity contribution >= 4 is 11.8 Å². The highest BCUT2D eigenvalue weighted by atomic mass is 16.3. The van der Waals surface area contributed by atoms with Gasteiger partial charge in [0.15, 0.2) is 0 Å². The molecule has 1 atom stereocenters. The van der Waals surface area contributed by atoms with Gasteiger partial charge in [-0.15, -0.1) is 0 Å². The maximum absolute atomic E-state index is 12.4. The van der Waals surface area contributed by atoms with E-state index in [-0.39, 0.29) is 24.5 Å². The van der Waals surface area contributed by atoms with Gasteiger partial charge in [-0.3, -0.25) is 14.5 Å². The third kappa shape index (κ3) is 4.95. The molecule has 0 aliphatic carbocycles. The van der Waals surface area contributed by atoms with Gasteiger partial charge in [0, 0.05) is 45.7 Å². The van der Waals surface area contributed by atoms with Crippen molar-refractivity contribution in [3.8, 4) is 0 Å². The minimum atomic E-state index is -0.281. The summed E-state index contributed by atoms with van der Waals surface area (Å²) < 4.78 is 0. The largest absolute Gasteiger partial charge is 0.392 e. The van der Waals surface area contributed by atoms with Crippen molar-refractivity contribution < 1.29 is 14.7 Å². The first-order chi connectivity index (χ1) is 10.6. The van der Waals surface area contributed by atoms with E-state index in [1.54, 1.807) is 4.90 Å². The lowest BCUT2D eigenvalue weighted by molar-refractivity contribution is -0.141. The first-order valence-electron chi connectivity index (χ1n) is 8.56. The zero-order valence-corrected chi connectivity index (χ0v) is 13.7. The van der Waals surface area contributed by atoms with Crippen molar-refractivity contribution in [3.63, 3.8) is 0 Å². The Bertz CT molecular complexity index is 381. The molecule has 6 heteroatoms. The molecule has 6 nitrogen and oxygen atoms in total. The standard InChI is InChI=1S/C16H29N3O3/c1-2-14(20)12-17-8-10-18(11-9-17)16(22)13-19-7-5-3-4-6-15(19)21/h14,20H,2-13H2,1H3/t14-/m0/s1. The molecule has 0 aromatic carbocycles. The topological polar surface area (TPSA) is 64.1 Å². The van der Waals surface area contributed by atoms with Gasteiger partial charge in [-0.2, -0.15) is 0 Å². The van der Waals surface area contributed by atoms with Crippen LogP contribution in [0.4, 0.5) is 0 Å². The molecule has 2 amide bonds. The first kappa shape index (κ1) is 17.2. The van der Waals surface area contributed by atoms with Gasteiger partial charge in [0.05, 0.1) is 12.6 Å². The lowest BCUT2D eigenvalue weighted by Crippen LogP contribution is -2.52. The number of hydrogen-bond acceptors (Lipinski definition) is 4. The summed E-state index contributed by atoms with van der Waals surface area (Å²) in [6.07, 6.45) is 4.09. The van der Waals surface area contributed by atoms with Gasteiger partial charge in [-0.1, -0.05) is 13.3 Å². The molecule has 2 aliphatic heterocycles. The van der Waals surface area contributed by atoms with E-state index in [0.717, 1.165) is 38.8 Å². The van der Waals surface area contributed by atoms with Crippen LogP contribution in [-0.4, -0.2) is 83.5 Å². The summed E-state index contributed by atoms with van der Waals surface area (Å²) in [6, 6.07) is 0. The molecule has 0 aromatic heterocycles. The van der Waals surface area contributed by atoms with Crippen LogP contribution in [0.15, 0.2) is 0 Å². The van der Waals surface area contributed by atoms with E-state index in [9.17, 15) is 14.7 Å². The predicted molar refractivity (Wildman–Crippen MR) is 84.4 cm³/mol. The summed E-state index contributed by atoms with van der Waals surface area (Å²) in [5.74, 6) is 0.182. The lowest BCUT2D eigenvalue weighted by Gasteiger charge is -2.36. The smallest absolute Gasteiger partial charge is 0.242 e. The second-order valence-corrected chi connectivity index (χ2v) is 6.37. The van der Waals surface area contributed by atoms with E-state index in [1.165, 1.54) is 0 Å². The van der Waals surface area contributed by atoms with Crippen LogP contribution in [0.1, 0.15) is 39.0 Å². The monoisotopic (exact) mass is 311 g/mol. The van der Waals surface area contributed by atoms with Crippen LogP contribution >= 0.6 is 0 Å². The minimum Gasteiger partial charge on any atom is -0.392 e. The van der Waals surface area contributed by atoms with Crippen LogP contribution in [0.2, 0.25) is 0 Å². The fourth-order valence-corrected chi connectivity index (χ4v) is 3.08. The van der Waals surface area contributed by atoms with Crippen molar-refractivity contribution in [1.29, 1.82) is 0 Å². The second kappa shape index (κ2) is 8.48. The van der Waals surface area contributed by atoms with Crippen LogP contribution in [0.5, 0.6) is 0 Å². The summed E-state index contributed by atoms with van der Waals surface area (Å²) >= 11 is 0.